The minimum Gasteiger partial charge on any atom is -0.505 e. The number of nitrogens with zero attached hydrogens (tertiary/aromatic N) is 2. The second kappa shape index (κ2) is 13.6. The van der Waals surface area contributed by atoms with Gasteiger partial charge in [-0.15, -0.1) is 11.8 Å². The van der Waals surface area contributed by atoms with Gasteiger partial charge >= 0.3 is 5.97 Å². The van der Waals surface area contributed by atoms with Gasteiger partial charge in [0.25, 0.3) is 0 Å². The quantitative estimate of drug-likeness (QED) is 0.144. The number of carboxylic acids is 1. The summed E-state index contributed by atoms with van der Waals surface area (Å²) in [7, 11) is 0. The van der Waals surface area contributed by atoms with Crippen molar-refractivity contribution >= 4 is 22.8 Å². The van der Waals surface area contributed by atoms with E-state index in [4.69, 9.17) is 28.8 Å². The molecule has 0 spiro atoms. The average Bonchev–Trinajstić information content (AvgIpc) is 3.28. The number of carbonyl (C=O) groups is 1. The van der Waals surface area contributed by atoms with E-state index in [0.29, 0.717) is 10.8 Å². The number of aliphatic carboxylic acids is 1. The Kier molecular flexibility index (Phi) is 10.9. The highest BCUT2D eigenvalue weighted by molar-refractivity contribution is 8.14. The van der Waals surface area contributed by atoms with Gasteiger partial charge < -0.3 is 54.3 Å². The number of thioether (sulfide) groups is 1. The molecule has 1 aromatic heterocycles. The summed E-state index contributed by atoms with van der Waals surface area (Å²) in [5.41, 5.74) is -1.05. The summed E-state index contributed by atoms with van der Waals surface area (Å²) in [5, 5.41) is 58.4. The van der Waals surface area contributed by atoms with Crippen LogP contribution in [0, 0.1) is 0 Å². The first-order valence-electron chi connectivity index (χ1n) is 11.5. The summed E-state index contributed by atoms with van der Waals surface area (Å²) in [5.74, 6) is -0.639. The van der Waals surface area contributed by atoms with Gasteiger partial charge in [0, 0.05) is 11.8 Å². The molecule has 37 heavy (non-hydrogen) atoms. The van der Waals surface area contributed by atoms with Gasteiger partial charge in [0.05, 0.1) is 45.8 Å². The number of hydrogen-bond acceptors (Lipinski definition) is 14. The molecular weight excluding hydrogens is 516 g/mol. The predicted molar refractivity (Wildman–Crippen MR) is 128 cm³/mol. The lowest BCUT2D eigenvalue weighted by molar-refractivity contribution is -0.302. The lowest BCUT2D eigenvalue weighted by Crippen LogP contribution is -2.59. The van der Waals surface area contributed by atoms with Crippen LogP contribution in [0.15, 0.2) is 17.3 Å². The van der Waals surface area contributed by atoms with Crippen molar-refractivity contribution in [1.82, 2.24) is 4.98 Å². The summed E-state index contributed by atoms with van der Waals surface area (Å²) in [6.45, 7) is 2.12. The number of aromatic nitrogens is 1. The molecule has 208 valence electrons. The highest BCUT2D eigenvalue weighted by Gasteiger charge is 2.44. The second-order valence-electron chi connectivity index (χ2n) is 8.46. The van der Waals surface area contributed by atoms with Crippen LogP contribution < -0.4 is 4.74 Å². The summed E-state index contributed by atoms with van der Waals surface area (Å²) in [4.78, 5) is 19.6. The number of ether oxygens (including phenoxy) is 5. The van der Waals surface area contributed by atoms with E-state index in [-0.39, 0.29) is 56.8 Å². The van der Waals surface area contributed by atoms with E-state index < -0.39 is 48.8 Å². The Morgan fingerprint density at radius 1 is 1.11 bits per heavy atom. The number of aliphatic imine (C=N–C) groups is 1. The Hall–Kier alpha value is -2.08. The maximum Gasteiger partial charge on any atom is 0.332 e. The molecule has 0 aromatic carbocycles. The standard InChI is InChI=1S/C22H32N2O12S/c1-22(21(30)31)11-37-19(24-22)15-13(26)8-12(9-23-15)34-6-4-32-2-3-33-5-7-35-20-18(29)17(28)16(27)14(10-25)36-20/h8-9,14,16-18,20,25-29H,2-7,10-11H2,1H3,(H,30,31)/t14?,16-,17?,18+,20+,22+/m0/s1. The molecule has 1 aromatic rings. The van der Waals surface area contributed by atoms with Crippen molar-refractivity contribution in [2.45, 2.75) is 43.2 Å². The summed E-state index contributed by atoms with van der Waals surface area (Å²) < 4.78 is 26.8. The lowest BCUT2D eigenvalue weighted by Gasteiger charge is -2.39. The van der Waals surface area contributed by atoms with Crippen LogP contribution >= 0.6 is 11.8 Å². The molecule has 1 fully saturated rings. The van der Waals surface area contributed by atoms with E-state index >= 15 is 0 Å². The zero-order chi connectivity index (χ0) is 27.0. The van der Waals surface area contributed by atoms with E-state index in [9.17, 15) is 30.3 Å². The summed E-state index contributed by atoms with van der Waals surface area (Å²) in [6, 6.07) is 1.38. The Morgan fingerprint density at radius 2 is 1.78 bits per heavy atom. The average molecular weight is 549 g/mol. The molecule has 2 aliphatic rings. The minimum absolute atomic E-state index is 0.0404. The minimum atomic E-state index is -1.50. The molecule has 0 radical (unpaired) electrons. The fourth-order valence-electron chi connectivity index (χ4n) is 3.38. The van der Waals surface area contributed by atoms with E-state index in [1.165, 1.54) is 30.9 Å². The van der Waals surface area contributed by atoms with Crippen molar-refractivity contribution in [1.29, 1.82) is 0 Å². The van der Waals surface area contributed by atoms with Crippen molar-refractivity contribution < 1.29 is 59.1 Å². The topological polar surface area (TPSA) is 210 Å². The van der Waals surface area contributed by atoms with Gasteiger partial charge in [0.2, 0.25) is 0 Å². The van der Waals surface area contributed by atoms with Crippen LogP contribution in [0.1, 0.15) is 12.6 Å². The second-order valence-corrected chi connectivity index (χ2v) is 9.43. The molecule has 0 saturated carbocycles. The zero-order valence-electron chi connectivity index (χ0n) is 20.1. The predicted octanol–water partition coefficient (Wildman–Crippen LogP) is -1.65. The van der Waals surface area contributed by atoms with Gasteiger partial charge in [0.15, 0.2) is 11.8 Å². The summed E-state index contributed by atoms with van der Waals surface area (Å²) >= 11 is 1.21. The molecule has 0 aliphatic carbocycles. The Labute approximate surface area is 216 Å². The molecule has 1 saturated heterocycles. The Balaban J connectivity index is 1.26. The third-order valence-corrected chi connectivity index (χ3v) is 6.84. The molecule has 0 amide bonds. The van der Waals surface area contributed by atoms with E-state index in [1.54, 1.807) is 0 Å². The maximum atomic E-state index is 11.3. The zero-order valence-corrected chi connectivity index (χ0v) is 21.0. The van der Waals surface area contributed by atoms with Crippen LogP contribution in [-0.4, -0.2) is 135 Å². The first kappa shape index (κ1) is 29.5. The molecule has 0 bridgehead atoms. The number of hydrogen-bond donors (Lipinski definition) is 6. The van der Waals surface area contributed by atoms with Crippen molar-refractivity contribution in [3.63, 3.8) is 0 Å². The SMILES string of the molecule is C[C@]1(C(=O)O)CSC(c2ncc(OCCOCCOCCO[C@@H]3OC(CO)[C@H](O)C(O)[C@H]3O)cc2O)=N1. The van der Waals surface area contributed by atoms with Gasteiger partial charge in [0.1, 0.15) is 53.3 Å². The van der Waals surface area contributed by atoms with Crippen molar-refractivity contribution in [2.24, 2.45) is 4.99 Å². The molecule has 6 N–H and O–H groups in total. The van der Waals surface area contributed by atoms with E-state index in [2.05, 4.69) is 9.98 Å². The fraction of sp³-hybridized carbons (Fsp3) is 0.682. The first-order chi connectivity index (χ1) is 17.7. The van der Waals surface area contributed by atoms with E-state index in [0.717, 1.165) is 0 Å². The lowest BCUT2D eigenvalue weighted by atomic mass is 9.99. The fourth-order valence-corrected chi connectivity index (χ4v) is 4.54. The number of aliphatic hydroxyl groups is 4. The molecule has 2 aliphatic heterocycles. The molecule has 14 nitrogen and oxygen atoms in total. The van der Waals surface area contributed by atoms with Crippen LogP contribution in [0.25, 0.3) is 0 Å². The number of rotatable bonds is 14. The Bertz CT molecular complexity index is 935. The molecule has 6 atom stereocenters. The van der Waals surface area contributed by atoms with Gasteiger partial charge in [-0.2, -0.15) is 0 Å². The van der Waals surface area contributed by atoms with E-state index in [1.807, 2.05) is 0 Å². The first-order valence-corrected chi connectivity index (χ1v) is 12.5. The number of aromatic hydroxyl groups is 1. The van der Waals surface area contributed by atoms with Crippen LogP contribution in [0.2, 0.25) is 0 Å². The van der Waals surface area contributed by atoms with Crippen LogP contribution in [0.5, 0.6) is 11.5 Å². The molecular formula is C22H32N2O12S. The van der Waals surface area contributed by atoms with Gasteiger partial charge in [-0.05, 0) is 6.92 Å². The molecule has 3 rings (SSSR count). The van der Waals surface area contributed by atoms with Crippen molar-refractivity contribution in [3.05, 3.63) is 18.0 Å². The third kappa shape index (κ3) is 7.72. The highest BCUT2D eigenvalue weighted by Crippen LogP contribution is 2.34. The van der Waals surface area contributed by atoms with Crippen LogP contribution in [-0.2, 0) is 23.7 Å². The maximum absolute atomic E-state index is 11.3. The van der Waals surface area contributed by atoms with Gasteiger partial charge in [-0.1, -0.05) is 0 Å². The Morgan fingerprint density at radius 3 is 2.41 bits per heavy atom. The summed E-state index contributed by atoms with van der Waals surface area (Å²) in [6.07, 6.45) is -5.23. The molecule has 3 heterocycles. The molecule has 2 unspecified atom stereocenters. The molecule has 15 heteroatoms. The number of carboxylic acid groups (broad SMARTS) is 1. The van der Waals surface area contributed by atoms with Crippen LogP contribution in [0.3, 0.4) is 0 Å². The number of aliphatic hydroxyl groups excluding tert-OH is 4. The third-order valence-electron chi connectivity index (χ3n) is 5.57. The van der Waals surface area contributed by atoms with Crippen molar-refractivity contribution in [2.75, 3.05) is 52.0 Å². The van der Waals surface area contributed by atoms with Crippen LogP contribution in [0.4, 0.5) is 0 Å². The van der Waals surface area contributed by atoms with Gasteiger partial charge in [-0.25, -0.2) is 9.78 Å². The monoisotopic (exact) mass is 548 g/mol. The largest absolute Gasteiger partial charge is 0.505 e. The van der Waals surface area contributed by atoms with Gasteiger partial charge in [-0.3, -0.25) is 4.99 Å². The van der Waals surface area contributed by atoms with Crippen molar-refractivity contribution in [3.8, 4) is 11.5 Å². The normalized spacial score (nSPS) is 29.8. The highest BCUT2D eigenvalue weighted by atomic mass is 32.2. The smallest absolute Gasteiger partial charge is 0.332 e. The number of pyridine rings is 1.